The van der Waals surface area contributed by atoms with E-state index in [0.717, 1.165) is 62.1 Å². The molecule has 3 aromatic rings. The van der Waals surface area contributed by atoms with Gasteiger partial charge in [-0.3, -0.25) is 10.00 Å². The van der Waals surface area contributed by atoms with Gasteiger partial charge < -0.3 is 15.4 Å². The highest BCUT2D eigenvalue weighted by Crippen LogP contribution is 2.34. The first-order valence-corrected chi connectivity index (χ1v) is 11.4. The lowest BCUT2D eigenvalue weighted by atomic mass is 10.0. The van der Waals surface area contributed by atoms with Crippen LogP contribution in [0.25, 0.3) is 5.52 Å². The molecule has 4 heterocycles. The molecule has 3 N–H and O–H groups in total. The molecule has 2 atom stereocenters. The number of nitrogens with zero attached hydrogens (tertiary/aromatic N) is 5. The fraction of sp³-hybridized carbons (Fsp3) is 0.591. The lowest BCUT2D eigenvalue weighted by molar-refractivity contribution is 0.0336. The standard InChI is InChI=1S/C22H32N8O/c1-15(2)24-17-4-3-16(11-17)19-13-21(27-26-19)25-22-20-12-18(28-30(20)6-5-23-22)14-29-7-9-31-10-8-29/h5-6,12-13,15-17,24H,3-4,7-11,14H2,1-2H3,(H2,23,25,26,27). The summed E-state index contributed by atoms with van der Waals surface area (Å²) >= 11 is 0. The van der Waals surface area contributed by atoms with Crippen molar-refractivity contribution in [3.05, 3.63) is 35.9 Å². The van der Waals surface area contributed by atoms with Crippen LogP contribution in [0.1, 0.15) is 50.4 Å². The minimum atomic E-state index is 0.526. The number of hydrogen-bond donors (Lipinski definition) is 3. The van der Waals surface area contributed by atoms with Crippen LogP contribution in [0.3, 0.4) is 0 Å². The minimum absolute atomic E-state index is 0.526. The highest BCUT2D eigenvalue weighted by Gasteiger charge is 2.27. The normalized spacial score (nSPS) is 22.5. The first-order chi connectivity index (χ1) is 15.1. The van der Waals surface area contributed by atoms with Crippen LogP contribution < -0.4 is 10.6 Å². The van der Waals surface area contributed by atoms with Gasteiger partial charge in [-0.25, -0.2) is 9.50 Å². The van der Waals surface area contributed by atoms with Crippen molar-refractivity contribution < 1.29 is 4.74 Å². The molecule has 0 radical (unpaired) electrons. The van der Waals surface area contributed by atoms with Crippen LogP contribution in [0.5, 0.6) is 0 Å². The molecule has 0 bridgehead atoms. The number of fused-ring (bicyclic) bond motifs is 1. The predicted octanol–water partition coefficient (Wildman–Crippen LogP) is 2.66. The quantitative estimate of drug-likeness (QED) is 0.537. The number of morpholine rings is 1. The van der Waals surface area contributed by atoms with Crippen LogP contribution in [0.2, 0.25) is 0 Å². The van der Waals surface area contributed by atoms with E-state index in [1.807, 2.05) is 10.7 Å². The summed E-state index contributed by atoms with van der Waals surface area (Å²) in [4.78, 5) is 6.91. The van der Waals surface area contributed by atoms with Gasteiger partial charge in [0.15, 0.2) is 11.6 Å². The highest BCUT2D eigenvalue weighted by molar-refractivity contribution is 5.72. The Kier molecular flexibility index (Phi) is 5.89. The average molecular weight is 425 g/mol. The summed E-state index contributed by atoms with van der Waals surface area (Å²) in [6, 6.07) is 5.35. The van der Waals surface area contributed by atoms with Crippen molar-refractivity contribution in [3.8, 4) is 0 Å². The van der Waals surface area contributed by atoms with E-state index in [9.17, 15) is 0 Å². The molecule has 2 unspecified atom stereocenters. The second kappa shape index (κ2) is 8.94. The maximum Gasteiger partial charge on any atom is 0.157 e. The average Bonchev–Trinajstić information content (AvgIpc) is 3.48. The Bertz CT molecular complexity index is 1010. The van der Waals surface area contributed by atoms with Gasteiger partial charge in [0.25, 0.3) is 0 Å². The lowest BCUT2D eigenvalue weighted by Crippen LogP contribution is -2.35. The molecular formula is C22H32N8O. The molecule has 1 aliphatic carbocycles. The molecule has 166 valence electrons. The topological polar surface area (TPSA) is 95.4 Å². The Morgan fingerprint density at radius 2 is 2.10 bits per heavy atom. The molecule has 9 heteroatoms. The second-order valence-electron chi connectivity index (χ2n) is 8.99. The maximum atomic E-state index is 5.44. The Labute approximate surface area is 182 Å². The summed E-state index contributed by atoms with van der Waals surface area (Å²) in [5.74, 6) is 2.09. The third-order valence-electron chi connectivity index (χ3n) is 6.22. The zero-order chi connectivity index (χ0) is 21.2. The SMILES string of the molecule is CC(C)NC1CCC(c2cc(Nc3nccn4nc(CN5CCOCC5)cc34)n[nH]2)C1. The van der Waals surface area contributed by atoms with Gasteiger partial charge in [0.2, 0.25) is 0 Å². The smallest absolute Gasteiger partial charge is 0.157 e. The van der Waals surface area contributed by atoms with Gasteiger partial charge in [-0.05, 0) is 25.3 Å². The van der Waals surface area contributed by atoms with Gasteiger partial charge >= 0.3 is 0 Å². The summed E-state index contributed by atoms with van der Waals surface area (Å²) in [5.41, 5.74) is 3.19. The Balaban J connectivity index is 1.27. The van der Waals surface area contributed by atoms with E-state index in [1.54, 1.807) is 6.20 Å². The van der Waals surface area contributed by atoms with E-state index in [-0.39, 0.29) is 0 Å². The number of hydrogen-bond acceptors (Lipinski definition) is 7. The van der Waals surface area contributed by atoms with Crippen molar-refractivity contribution in [3.63, 3.8) is 0 Å². The number of ether oxygens (including phenoxy) is 1. The molecule has 0 aromatic carbocycles. The van der Waals surface area contributed by atoms with Crippen LogP contribution in [0.4, 0.5) is 11.6 Å². The zero-order valence-electron chi connectivity index (χ0n) is 18.3. The number of rotatable bonds is 7. The third kappa shape index (κ3) is 4.73. The van der Waals surface area contributed by atoms with Crippen molar-refractivity contribution in [2.45, 2.75) is 57.7 Å². The van der Waals surface area contributed by atoms with Gasteiger partial charge in [0.05, 0.1) is 18.9 Å². The monoisotopic (exact) mass is 424 g/mol. The minimum Gasteiger partial charge on any atom is -0.379 e. The molecule has 9 nitrogen and oxygen atoms in total. The zero-order valence-corrected chi connectivity index (χ0v) is 18.3. The Morgan fingerprint density at radius 3 is 2.94 bits per heavy atom. The van der Waals surface area contributed by atoms with Crippen molar-refractivity contribution in [1.29, 1.82) is 0 Å². The van der Waals surface area contributed by atoms with Gasteiger partial charge in [-0.2, -0.15) is 10.2 Å². The first kappa shape index (κ1) is 20.4. The highest BCUT2D eigenvalue weighted by atomic mass is 16.5. The molecule has 3 aromatic heterocycles. The molecule has 31 heavy (non-hydrogen) atoms. The van der Waals surface area contributed by atoms with Crippen molar-refractivity contribution >= 4 is 17.2 Å². The number of aromatic amines is 1. The third-order valence-corrected chi connectivity index (χ3v) is 6.22. The second-order valence-corrected chi connectivity index (χ2v) is 8.99. The Hall–Kier alpha value is -2.49. The molecule has 1 saturated carbocycles. The van der Waals surface area contributed by atoms with E-state index in [4.69, 9.17) is 9.84 Å². The largest absolute Gasteiger partial charge is 0.379 e. The van der Waals surface area contributed by atoms with E-state index in [2.05, 4.69) is 56.7 Å². The van der Waals surface area contributed by atoms with Crippen LogP contribution in [-0.2, 0) is 11.3 Å². The molecule has 5 rings (SSSR count). The summed E-state index contributed by atoms with van der Waals surface area (Å²) in [5, 5.41) is 19.5. The Morgan fingerprint density at radius 1 is 1.23 bits per heavy atom. The van der Waals surface area contributed by atoms with E-state index in [0.29, 0.717) is 18.0 Å². The van der Waals surface area contributed by atoms with E-state index >= 15 is 0 Å². The van der Waals surface area contributed by atoms with Gasteiger partial charge in [-0.1, -0.05) is 13.8 Å². The summed E-state index contributed by atoms with van der Waals surface area (Å²) in [7, 11) is 0. The molecule has 2 fully saturated rings. The van der Waals surface area contributed by atoms with Crippen LogP contribution in [0.15, 0.2) is 24.5 Å². The molecule has 2 aliphatic rings. The summed E-state index contributed by atoms with van der Waals surface area (Å²) in [6.45, 7) is 8.72. The van der Waals surface area contributed by atoms with Gasteiger partial charge in [-0.15, -0.1) is 0 Å². The fourth-order valence-electron chi connectivity index (χ4n) is 4.75. The van der Waals surface area contributed by atoms with Crippen LogP contribution in [0, 0.1) is 0 Å². The number of nitrogens with one attached hydrogen (secondary N) is 3. The van der Waals surface area contributed by atoms with Crippen molar-refractivity contribution in [1.82, 2.24) is 35.0 Å². The number of anilines is 2. The molecule has 0 spiro atoms. The van der Waals surface area contributed by atoms with E-state index < -0.39 is 0 Å². The molecular weight excluding hydrogens is 392 g/mol. The van der Waals surface area contributed by atoms with Gasteiger partial charge in [0.1, 0.15) is 5.52 Å². The van der Waals surface area contributed by atoms with Crippen LogP contribution >= 0.6 is 0 Å². The number of aromatic nitrogens is 5. The van der Waals surface area contributed by atoms with Crippen molar-refractivity contribution in [2.75, 3.05) is 31.6 Å². The molecule has 1 saturated heterocycles. The maximum absolute atomic E-state index is 5.44. The molecule has 1 aliphatic heterocycles. The first-order valence-electron chi connectivity index (χ1n) is 11.4. The number of H-pyrrole nitrogens is 1. The fourth-order valence-corrected chi connectivity index (χ4v) is 4.75. The van der Waals surface area contributed by atoms with Crippen LogP contribution in [-0.4, -0.2) is 68.1 Å². The molecule has 0 amide bonds. The summed E-state index contributed by atoms with van der Waals surface area (Å²) < 4.78 is 7.33. The predicted molar refractivity (Wildman–Crippen MR) is 120 cm³/mol. The lowest BCUT2D eigenvalue weighted by Gasteiger charge is -2.25. The van der Waals surface area contributed by atoms with E-state index in [1.165, 1.54) is 18.5 Å². The summed E-state index contributed by atoms with van der Waals surface area (Å²) in [6.07, 6.45) is 7.22. The van der Waals surface area contributed by atoms with Gasteiger partial charge in [0, 0.05) is 61.8 Å². The van der Waals surface area contributed by atoms with Crippen molar-refractivity contribution in [2.24, 2.45) is 0 Å².